The van der Waals surface area contributed by atoms with Crippen molar-refractivity contribution in [2.75, 3.05) is 23.7 Å². The van der Waals surface area contributed by atoms with Crippen LogP contribution in [0.25, 0.3) is 0 Å². The number of benzene rings is 1. The van der Waals surface area contributed by atoms with Gasteiger partial charge in [-0.1, -0.05) is 26.8 Å². The van der Waals surface area contributed by atoms with Gasteiger partial charge in [-0.15, -0.1) is 0 Å². The first kappa shape index (κ1) is 15.2. The Morgan fingerprint density at radius 1 is 1.47 bits per heavy atom. The van der Waals surface area contributed by atoms with Crippen molar-refractivity contribution >= 4 is 33.4 Å². The van der Waals surface area contributed by atoms with E-state index in [4.69, 9.17) is 0 Å². The second kappa shape index (κ2) is 7.00. The molecule has 0 aliphatic carbocycles. The lowest BCUT2D eigenvalue weighted by atomic mass is 10.1. The maximum atomic E-state index is 3.73. The summed E-state index contributed by atoms with van der Waals surface area (Å²) < 4.78 is 1.22. The van der Waals surface area contributed by atoms with Crippen LogP contribution < -0.4 is 10.2 Å². The molecule has 1 aliphatic heterocycles. The zero-order valence-corrected chi connectivity index (χ0v) is 14.4. The van der Waals surface area contributed by atoms with E-state index in [0.717, 1.165) is 24.9 Å². The molecule has 2 rings (SSSR count). The van der Waals surface area contributed by atoms with Crippen LogP contribution in [0.15, 0.2) is 22.7 Å². The lowest BCUT2D eigenvalue weighted by Gasteiger charge is -2.33. The largest absolute Gasteiger partial charge is 0.369 e. The van der Waals surface area contributed by atoms with E-state index in [-0.39, 0.29) is 0 Å². The second-order valence-electron chi connectivity index (χ2n) is 5.45. The van der Waals surface area contributed by atoms with Crippen molar-refractivity contribution in [3.05, 3.63) is 28.2 Å². The van der Waals surface area contributed by atoms with Gasteiger partial charge in [0.05, 0.1) is 5.69 Å². The predicted molar refractivity (Wildman–Crippen MR) is 90.3 cm³/mol. The van der Waals surface area contributed by atoms with Crippen molar-refractivity contribution in [3.8, 4) is 0 Å². The summed E-state index contributed by atoms with van der Waals surface area (Å²) in [5, 5.41) is 4.18. The molecule has 1 aromatic rings. The monoisotopic (exact) mass is 342 g/mol. The predicted octanol–water partition coefficient (Wildman–Crippen LogP) is 3.89. The fourth-order valence-electron chi connectivity index (χ4n) is 2.28. The first-order valence-corrected chi connectivity index (χ1v) is 8.79. The van der Waals surface area contributed by atoms with Crippen molar-refractivity contribution in [2.24, 2.45) is 0 Å². The van der Waals surface area contributed by atoms with E-state index in [1.54, 1.807) is 0 Å². The molecule has 2 nitrogen and oxygen atoms in total. The number of hydrogen-bond acceptors (Lipinski definition) is 3. The Morgan fingerprint density at radius 3 is 2.89 bits per heavy atom. The van der Waals surface area contributed by atoms with Crippen LogP contribution in [0.4, 0.5) is 5.69 Å². The number of thioether (sulfide) groups is 1. The first-order valence-electron chi connectivity index (χ1n) is 6.94. The summed E-state index contributed by atoms with van der Waals surface area (Å²) in [5.41, 5.74) is 2.67. The molecular weight excluding hydrogens is 320 g/mol. The molecule has 1 fully saturated rings. The van der Waals surface area contributed by atoms with Gasteiger partial charge in [0.1, 0.15) is 0 Å². The zero-order chi connectivity index (χ0) is 13.8. The number of halogens is 1. The van der Waals surface area contributed by atoms with E-state index in [1.807, 2.05) is 0 Å². The minimum atomic E-state index is 0.526. The number of hydrogen-bond donors (Lipinski definition) is 1. The molecule has 0 spiro atoms. The molecule has 1 aliphatic rings. The lowest BCUT2D eigenvalue weighted by molar-refractivity contribution is 0.588. The van der Waals surface area contributed by atoms with Gasteiger partial charge in [-0.25, -0.2) is 0 Å². The molecule has 0 amide bonds. The summed E-state index contributed by atoms with van der Waals surface area (Å²) >= 11 is 5.80. The normalized spacial score (nSPS) is 20.1. The van der Waals surface area contributed by atoms with E-state index >= 15 is 0 Å². The van der Waals surface area contributed by atoms with Crippen molar-refractivity contribution in [3.63, 3.8) is 0 Å². The number of nitrogens with one attached hydrogen (secondary N) is 1. The highest BCUT2D eigenvalue weighted by atomic mass is 79.9. The average molecular weight is 343 g/mol. The molecule has 19 heavy (non-hydrogen) atoms. The third-order valence-corrected chi connectivity index (χ3v) is 5.08. The lowest BCUT2D eigenvalue weighted by Crippen LogP contribution is -2.36. The van der Waals surface area contributed by atoms with Gasteiger partial charge in [-0.3, -0.25) is 0 Å². The van der Waals surface area contributed by atoms with Gasteiger partial charge in [-0.05, 0) is 33.6 Å². The summed E-state index contributed by atoms with van der Waals surface area (Å²) in [6.45, 7) is 9.89. The maximum absolute atomic E-state index is 3.73. The first-order chi connectivity index (χ1) is 9.06. The van der Waals surface area contributed by atoms with Crippen LogP contribution in [0.3, 0.4) is 0 Å². The Morgan fingerprint density at radius 2 is 2.26 bits per heavy atom. The molecule has 1 aromatic carbocycles. The summed E-state index contributed by atoms with van der Waals surface area (Å²) in [5.74, 6) is 1.23. The van der Waals surface area contributed by atoms with Crippen molar-refractivity contribution < 1.29 is 0 Å². The van der Waals surface area contributed by atoms with E-state index in [2.05, 4.69) is 76.9 Å². The summed E-state index contributed by atoms with van der Waals surface area (Å²) in [4.78, 5) is 2.49. The molecule has 0 saturated carbocycles. The van der Waals surface area contributed by atoms with Crippen molar-refractivity contribution in [1.29, 1.82) is 0 Å². The zero-order valence-electron chi connectivity index (χ0n) is 11.9. The summed E-state index contributed by atoms with van der Waals surface area (Å²) in [7, 11) is 0. The van der Waals surface area contributed by atoms with Gasteiger partial charge >= 0.3 is 0 Å². The van der Waals surface area contributed by atoms with Crippen LogP contribution in [0.1, 0.15) is 26.3 Å². The summed E-state index contributed by atoms with van der Waals surface area (Å²) in [6.07, 6.45) is 0. The average Bonchev–Trinajstić information content (AvgIpc) is 2.36. The van der Waals surface area contributed by atoms with Gasteiger partial charge in [0.25, 0.3) is 0 Å². The molecular formula is C15H23BrN2S. The SMILES string of the molecule is CC(C)NCc1ccc(N2CCSC(C)C2)c(Br)c1. The highest BCUT2D eigenvalue weighted by molar-refractivity contribution is 9.10. The van der Waals surface area contributed by atoms with E-state index in [1.165, 1.54) is 21.5 Å². The Kier molecular flexibility index (Phi) is 5.60. The number of nitrogens with zero attached hydrogens (tertiary/aromatic N) is 1. The molecule has 1 unspecified atom stereocenters. The van der Waals surface area contributed by atoms with E-state index < -0.39 is 0 Å². The van der Waals surface area contributed by atoms with Gasteiger partial charge in [0, 0.05) is 41.2 Å². The summed E-state index contributed by atoms with van der Waals surface area (Å²) in [6, 6.07) is 7.27. The Balaban J connectivity index is 2.06. The van der Waals surface area contributed by atoms with Gasteiger partial charge < -0.3 is 10.2 Å². The molecule has 1 atom stereocenters. The smallest absolute Gasteiger partial charge is 0.0511 e. The molecule has 106 valence electrons. The third-order valence-electron chi connectivity index (χ3n) is 3.31. The molecule has 1 saturated heterocycles. The standard InChI is InChI=1S/C15H23BrN2S/c1-11(2)17-9-13-4-5-15(14(16)8-13)18-6-7-19-12(3)10-18/h4-5,8,11-12,17H,6-7,9-10H2,1-3H3. The van der Waals surface area contributed by atoms with Crippen LogP contribution in [0.2, 0.25) is 0 Å². The molecule has 0 aromatic heterocycles. The molecule has 1 N–H and O–H groups in total. The molecule has 4 heteroatoms. The topological polar surface area (TPSA) is 15.3 Å². The highest BCUT2D eigenvalue weighted by Gasteiger charge is 2.18. The Bertz CT molecular complexity index is 423. The molecule has 1 heterocycles. The van der Waals surface area contributed by atoms with Crippen molar-refractivity contribution in [2.45, 2.75) is 38.6 Å². The molecule has 0 bridgehead atoms. The maximum Gasteiger partial charge on any atom is 0.0511 e. The highest BCUT2D eigenvalue weighted by Crippen LogP contribution is 2.31. The van der Waals surface area contributed by atoms with Gasteiger partial charge in [-0.2, -0.15) is 11.8 Å². The number of anilines is 1. The third kappa shape index (κ3) is 4.40. The van der Waals surface area contributed by atoms with E-state index in [9.17, 15) is 0 Å². The van der Waals surface area contributed by atoms with Crippen LogP contribution in [-0.4, -0.2) is 30.1 Å². The minimum absolute atomic E-state index is 0.526. The fourth-order valence-corrected chi connectivity index (χ4v) is 3.97. The Labute approximate surface area is 129 Å². The van der Waals surface area contributed by atoms with Crippen LogP contribution in [0.5, 0.6) is 0 Å². The quantitative estimate of drug-likeness (QED) is 0.893. The van der Waals surface area contributed by atoms with E-state index in [0.29, 0.717) is 6.04 Å². The van der Waals surface area contributed by atoms with Crippen molar-refractivity contribution in [1.82, 2.24) is 5.32 Å². The molecule has 0 radical (unpaired) electrons. The Hall–Kier alpha value is -0.190. The van der Waals surface area contributed by atoms with Crippen LogP contribution >= 0.6 is 27.7 Å². The number of rotatable bonds is 4. The van der Waals surface area contributed by atoms with Crippen LogP contribution in [-0.2, 0) is 6.54 Å². The van der Waals surface area contributed by atoms with Crippen LogP contribution in [0, 0.1) is 0 Å². The second-order valence-corrected chi connectivity index (χ2v) is 7.85. The van der Waals surface area contributed by atoms with Gasteiger partial charge in [0.15, 0.2) is 0 Å². The fraction of sp³-hybridized carbons (Fsp3) is 0.600. The minimum Gasteiger partial charge on any atom is -0.369 e. The van der Waals surface area contributed by atoms with Gasteiger partial charge in [0.2, 0.25) is 0 Å².